The maximum Gasteiger partial charge on any atom is 0.303 e. The van der Waals surface area contributed by atoms with Crippen LogP contribution in [0.1, 0.15) is 19.3 Å². The van der Waals surface area contributed by atoms with Crippen molar-refractivity contribution in [3.63, 3.8) is 0 Å². The molecule has 0 fully saturated rings. The molecule has 0 saturated carbocycles. The summed E-state index contributed by atoms with van der Waals surface area (Å²) in [5, 5.41) is 8.27. The van der Waals surface area contributed by atoms with Gasteiger partial charge in [-0.05, 0) is 12.8 Å². The van der Waals surface area contributed by atoms with Gasteiger partial charge in [0, 0.05) is 13.5 Å². The highest BCUT2D eigenvalue weighted by atomic mass is 32.2. The third kappa shape index (κ3) is 7.73. The van der Waals surface area contributed by atoms with Crippen LogP contribution in [0.15, 0.2) is 0 Å². The highest BCUT2D eigenvalue weighted by Crippen LogP contribution is 2.00. The van der Waals surface area contributed by atoms with Gasteiger partial charge in [0.1, 0.15) is 5.94 Å². The van der Waals surface area contributed by atoms with Gasteiger partial charge in [0.05, 0.1) is 5.75 Å². The summed E-state index contributed by atoms with van der Waals surface area (Å²) in [7, 11) is -1.83. The first-order valence-corrected chi connectivity index (χ1v) is 5.71. The first-order valence-electron chi connectivity index (χ1n) is 3.89. The van der Waals surface area contributed by atoms with Crippen molar-refractivity contribution in [3.8, 4) is 0 Å². The highest BCUT2D eigenvalue weighted by molar-refractivity contribution is 7.91. The van der Waals surface area contributed by atoms with E-state index in [1.807, 2.05) is 0 Å². The van der Waals surface area contributed by atoms with Gasteiger partial charge in [-0.2, -0.15) is 0 Å². The molecule has 0 aliphatic rings. The van der Waals surface area contributed by atoms with Gasteiger partial charge < -0.3 is 9.84 Å². The molecule has 0 aromatic heterocycles. The zero-order chi connectivity index (χ0) is 10.3. The summed E-state index contributed by atoms with van der Waals surface area (Å²) in [5.41, 5.74) is 0. The molecule has 0 spiro atoms. The fourth-order valence-corrected chi connectivity index (χ4v) is 1.96. The Morgan fingerprint density at radius 2 is 2.00 bits per heavy atom. The molecule has 0 aliphatic carbocycles. The van der Waals surface area contributed by atoms with Gasteiger partial charge in [0.25, 0.3) is 0 Å². The van der Waals surface area contributed by atoms with Crippen LogP contribution in [0.3, 0.4) is 0 Å². The van der Waals surface area contributed by atoms with Crippen LogP contribution in [-0.2, 0) is 19.4 Å². The third-order valence-electron chi connectivity index (χ3n) is 1.39. The summed E-state index contributed by atoms with van der Waals surface area (Å²) in [4.78, 5) is 10.1. The smallest absolute Gasteiger partial charge is 0.303 e. The van der Waals surface area contributed by atoms with Gasteiger partial charge in [0.2, 0.25) is 0 Å². The number of hydrogen-bond acceptors (Lipinski definition) is 4. The Balaban J connectivity index is 3.58. The summed E-state index contributed by atoms with van der Waals surface area (Å²) in [6, 6.07) is 0. The standard InChI is InChI=1S/C7H14O5S/c1-12-6-13(10,11)5-3-2-4-7(8)9/h2-6H2,1H3,(H,8,9). The van der Waals surface area contributed by atoms with Crippen LogP contribution in [0.2, 0.25) is 0 Å². The lowest BCUT2D eigenvalue weighted by Crippen LogP contribution is -2.12. The predicted octanol–water partition coefficient (Wildman–Crippen LogP) is 0.260. The molecule has 0 unspecified atom stereocenters. The Bertz CT molecular complexity index is 244. The molecule has 1 N–H and O–H groups in total. The number of sulfone groups is 1. The van der Waals surface area contributed by atoms with Gasteiger partial charge in [0.15, 0.2) is 9.84 Å². The van der Waals surface area contributed by atoms with Gasteiger partial charge in [-0.25, -0.2) is 8.42 Å². The molecule has 0 rings (SSSR count). The molecule has 0 heterocycles. The van der Waals surface area contributed by atoms with E-state index in [9.17, 15) is 13.2 Å². The van der Waals surface area contributed by atoms with Gasteiger partial charge in [-0.3, -0.25) is 4.79 Å². The number of hydrogen-bond donors (Lipinski definition) is 1. The maximum atomic E-state index is 11.0. The van der Waals surface area contributed by atoms with Crippen LogP contribution in [0.25, 0.3) is 0 Å². The Morgan fingerprint density at radius 3 is 2.46 bits per heavy atom. The van der Waals surface area contributed by atoms with E-state index in [1.165, 1.54) is 7.11 Å². The second kappa shape index (κ2) is 5.93. The molecule has 5 nitrogen and oxygen atoms in total. The Morgan fingerprint density at radius 1 is 1.38 bits per heavy atom. The van der Waals surface area contributed by atoms with Crippen LogP contribution in [0, 0.1) is 0 Å². The zero-order valence-electron chi connectivity index (χ0n) is 7.52. The van der Waals surface area contributed by atoms with E-state index < -0.39 is 15.8 Å². The molecule has 0 aromatic carbocycles. The number of unbranched alkanes of at least 4 members (excludes halogenated alkanes) is 1. The Labute approximate surface area is 77.6 Å². The lowest BCUT2D eigenvalue weighted by Gasteiger charge is -2.01. The van der Waals surface area contributed by atoms with E-state index in [1.54, 1.807) is 0 Å². The summed E-state index contributed by atoms with van der Waals surface area (Å²) in [6.45, 7) is 0. The Hall–Kier alpha value is -0.620. The van der Waals surface area contributed by atoms with Gasteiger partial charge in [-0.1, -0.05) is 0 Å². The maximum absolute atomic E-state index is 11.0. The Kier molecular flexibility index (Phi) is 5.65. The van der Waals surface area contributed by atoms with Crippen molar-refractivity contribution in [2.75, 3.05) is 18.8 Å². The van der Waals surface area contributed by atoms with E-state index in [-0.39, 0.29) is 18.1 Å². The number of aliphatic carboxylic acids is 1. The minimum atomic E-state index is -3.14. The molecule has 13 heavy (non-hydrogen) atoms. The SMILES string of the molecule is COCS(=O)(=O)CCCCC(=O)O. The quantitative estimate of drug-likeness (QED) is 0.609. The summed E-state index contributed by atoms with van der Waals surface area (Å²) in [5.74, 6) is -1.20. The van der Waals surface area contributed by atoms with Crippen LogP contribution < -0.4 is 0 Å². The molecule has 0 saturated heterocycles. The third-order valence-corrected chi connectivity index (χ3v) is 2.90. The molecule has 6 heteroatoms. The van der Waals surface area contributed by atoms with Crippen LogP contribution >= 0.6 is 0 Å². The predicted molar refractivity (Wildman–Crippen MR) is 47.1 cm³/mol. The fraction of sp³-hybridized carbons (Fsp3) is 0.857. The molecule has 0 radical (unpaired) electrons. The summed E-state index contributed by atoms with van der Waals surface area (Å²) in [6.07, 6.45) is 0.777. The molecule has 0 bridgehead atoms. The molecule has 0 aliphatic heterocycles. The topological polar surface area (TPSA) is 80.7 Å². The monoisotopic (exact) mass is 210 g/mol. The largest absolute Gasteiger partial charge is 0.481 e. The number of ether oxygens (including phenoxy) is 1. The lowest BCUT2D eigenvalue weighted by atomic mass is 10.3. The zero-order valence-corrected chi connectivity index (χ0v) is 8.34. The van der Waals surface area contributed by atoms with E-state index in [0.717, 1.165) is 0 Å². The number of carboxylic acids is 1. The van der Waals surface area contributed by atoms with Crippen LogP contribution in [0.4, 0.5) is 0 Å². The second-order valence-electron chi connectivity index (χ2n) is 2.71. The minimum absolute atomic E-state index is 0.00583. The van der Waals surface area contributed by atoms with Crippen molar-refractivity contribution in [3.05, 3.63) is 0 Å². The van der Waals surface area contributed by atoms with Crippen molar-refractivity contribution in [1.82, 2.24) is 0 Å². The highest BCUT2D eigenvalue weighted by Gasteiger charge is 2.09. The van der Waals surface area contributed by atoms with Crippen LogP contribution in [-0.4, -0.2) is 38.3 Å². The van der Waals surface area contributed by atoms with Crippen molar-refractivity contribution < 1.29 is 23.1 Å². The average molecular weight is 210 g/mol. The van der Waals surface area contributed by atoms with E-state index in [2.05, 4.69) is 4.74 Å². The van der Waals surface area contributed by atoms with Crippen molar-refractivity contribution in [2.24, 2.45) is 0 Å². The summed E-state index contributed by atoms with van der Waals surface area (Å²) < 4.78 is 26.5. The fourth-order valence-electron chi connectivity index (χ4n) is 0.837. The molecular formula is C7H14O5S. The first-order chi connectivity index (χ1) is 5.98. The normalized spacial score (nSPS) is 11.5. The molecule has 0 atom stereocenters. The molecule has 0 amide bonds. The second-order valence-corrected chi connectivity index (χ2v) is 4.84. The lowest BCUT2D eigenvalue weighted by molar-refractivity contribution is -0.137. The van der Waals surface area contributed by atoms with Crippen molar-refractivity contribution >= 4 is 15.8 Å². The number of carbonyl (C=O) groups is 1. The first kappa shape index (κ1) is 12.4. The van der Waals surface area contributed by atoms with E-state index in [4.69, 9.17) is 5.11 Å². The average Bonchev–Trinajstić information content (AvgIpc) is 1.98. The molecule has 0 aromatic rings. The molecular weight excluding hydrogens is 196 g/mol. The minimum Gasteiger partial charge on any atom is -0.481 e. The molecule has 78 valence electrons. The van der Waals surface area contributed by atoms with E-state index in [0.29, 0.717) is 12.8 Å². The van der Waals surface area contributed by atoms with Crippen LogP contribution in [0.5, 0.6) is 0 Å². The van der Waals surface area contributed by atoms with Gasteiger partial charge >= 0.3 is 5.97 Å². The number of rotatable bonds is 7. The van der Waals surface area contributed by atoms with E-state index >= 15 is 0 Å². The van der Waals surface area contributed by atoms with Gasteiger partial charge in [-0.15, -0.1) is 0 Å². The number of carboxylic acid groups (broad SMARTS) is 1. The van der Waals surface area contributed by atoms with Crippen molar-refractivity contribution in [1.29, 1.82) is 0 Å². The van der Waals surface area contributed by atoms with Crippen molar-refractivity contribution in [2.45, 2.75) is 19.3 Å². The summed E-state index contributed by atoms with van der Waals surface area (Å²) >= 11 is 0. The number of methoxy groups -OCH3 is 1.